The molecule has 2 heterocycles. The summed E-state index contributed by atoms with van der Waals surface area (Å²) in [6.07, 6.45) is 1.95. The number of hydrogen-bond donors (Lipinski definition) is 1. The lowest BCUT2D eigenvalue weighted by Gasteiger charge is -2.36. The van der Waals surface area contributed by atoms with Crippen LogP contribution in [0.3, 0.4) is 0 Å². The Morgan fingerprint density at radius 3 is 2.87 bits per heavy atom. The van der Waals surface area contributed by atoms with Crippen molar-refractivity contribution in [2.45, 2.75) is 58.7 Å². The van der Waals surface area contributed by atoms with Crippen molar-refractivity contribution in [2.75, 3.05) is 13.1 Å². The minimum atomic E-state index is -0.440. The summed E-state index contributed by atoms with van der Waals surface area (Å²) < 4.78 is 12.0. The molecule has 1 saturated heterocycles. The summed E-state index contributed by atoms with van der Waals surface area (Å²) in [5, 5.41) is 3.51. The fourth-order valence-electron chi connectivity index (χ4n) is 2.79. The van der Waals surface area contributed by atoms with Crippen LogP contribution in [0.2, 0.25) is 0 Å². The van der Waals surface area contributed by atoms with E-state index in [2.05, 4.69) is 34.8 Å². The van der Waals surface area contributed by atoms with Gasteiger partial charge in [-0.3, -0.25) is 0 Å². The SMILES string of the molecule is CC(NCc1ccc(I)o1)C1CCCN(C(=O)OC(C)(C)C)C1. The predicted molar refractivity (Wildman–Crippen MR) is 98.3 cm³/mol. The molecule has 0 spiro atoms. The zero-order valence-electron chi connectivity index (χ0n) is 14.4. The van der Waals surface area contributed by atoms with E-state index in [1.165, 1.54) is 0 Å². The third kappa shape index (κ3) is 5.99. The number of amides is 1. The highest BCUT2D eigenvalue weighted by Crippen LogP contribution is 2.22. The van der Waals surface area contributed by atoms with Crippen molar-refractivity contribution in [2.24, 2.45) is 5.92 Å². The van der Waals surface area contributed by atoms with Crippen LogP contribution in [-0.4, -0.2) is 35.7 Å². The Hall–Kier alpha value is -0.760. The van der Waals surface area contributed by atoms with Crippen LogP contribution in [-0.2, 0) is 11.3 Å². The van der Waals surface area contributed by atoms with Crippen LogP contribution in [0.1, 0.15) is 46.3 Å². The third-order valence-electron chi connectivity index (χ3n) is 4.04. The van der Waals surface area contributed by atoms with Crippen LogP contribution >= 0.6 is 22.6 Å². The van der Waals surface area contributed by atoms with Gasteiger partial charge >= 0.3 is 6.09 Å². The van der Waals surface area contributed by atoms with Gasteiger partial charge < -0.3 is 19.4 Å². The maximum absolute atomic E-state index is 12.2. The van der Waals surface area contributed by atoms with E-state index >= 15 is 0 Å². The molecule has 0 bridgehead atoms. The number of carbonyl (C=O) groups is 1. The Balaban J connectivity index is 1.83. The molecule has 0 aliphatic carbocycles. The zero-order chi connectivity index (χ0) is 17.0. The van der Waals surface area contributed by atoms with E-state index in [9.17, 15) is 4.79 Å². The number of halogens is 1. The number of nitrogens with zero attached hydrogens (tertiary/aromatic N) is 1. The number of rotatable bonds is 4. The van der Waals surface area contributed by atoms with Gasteiger partial charge in [0.1, 0.15) is 11.4 Å². The van der Waals surface area contributed by atoms with E-state index in [0.717, 1.165) is 35.5 Å². The summed E-state index contributed by atoms with van der Waals surface area (Å²) in [6, 6.07) is 4.28. The Morgan fingerprint density at radius 2 is 2.26 bits per heavy atom. The lowest BCUT2D eigenvalue weighted by Crippen LogP contribution is -2.47. The molecule has 1 aliphatic heterocycles. The molecule has 2 unspecified atom stereocenters. The second-order valence-electron chi connectivity index (χ2n) is 7.20. The Bertz CT molecular complexity index is 524. The van der Waals surface area contributed by atoms with Crippen LogP contribution in [0.25, 0.3) is 0 Å². The molecular weight excluding hydrogens is 407 g/mol. The molecule has 1 aromatic heterocycles. The smallest absolute Gasteiger partial charge is 0.410 e. The Morgan fingerprint density at radius 1 is 1.52 bits per heavy atom. The summed E-state index contributed by atoms with van der Waals surface area (Å²) in [5.41, 5.74) is -0.440. The fraction of sp³-hybridized carbons (Fsp3) is 0.706. The fourth-order valence-corrected chi connectivity index (χ4v) is 3.25. The van der Waals surface area contributed by atoms with Gasteiger partial charge in [-0.15, -0.1) is 0 Å². The van der Waals surface area contributed by atoms with Crippen molar-refractivity contribution in [3.8, 4) is 0 Å². The van der Waals surface area contributed by atoms with Gasteiger partial charge in [0.25, 0.3) is 0 Å². The van der Waals surface area contributed by atoms with Crippen molar-refractivity contribution in [1.29, 1.82) is 0 Å². The van der Waals surface area contributed by atoms with Gasteiger partial charge in [-0.05, 0) is 81.2 Å². The van der Waals surface area contributed by atoms with Gasteiger partial charge in [0.05, 0.1) is 6.54 Å². The summed E-state index contributed by atoms with van der Waals surface area (Å²) in [5.74, 6) is 1.38. The topological polar surface area (TPSA) is 54.7 Å². The van der Waals surface area contributed by atoms with Crippen LogP contribution in [0, 0.1) is 9.68 Å². The van der Waals surface area contributed by atoms with Crippen molar-refractivity contribution < 1.29 is 13.9 Å². The van der Waals surface area contributed by atoms with E-state index in [4.69, 9.17) is 9.15 Å². The lowest BCUT2D eigenvalue weighted by molar-refractivity contribution is 0.0147. The Labute approximate surface area is 152 Å². The molecule has 1 aromatic rings. The third-order valence-corrected chi connectivity index (χ3v) is 4.62. The summed E-state index contributed by atoms with van der Waals surface area (Å²) in [7, 11) is 0. The van der Waals surface area contributed by atoms with Crippen molar-refractivity contribution >= 4 is 28.7 Å². The van der Waals surface area contributed by atoms with Crippen LogP contribution < -0.4 is 5.32 Å². The van der Waals surface area contributed by atoms with E-state index in [1.54, 1.807) is 0 Å². The molecule has 2 atom stereocenters. The highest BCUT2D eigenvalue weighted by atomic mass is 127. The largest absolute Gasteiger partial charge is 0.454 e. The van der Waals surface area contributed by atoms with Crippen LogP contribution in [0.4, 0.5) is 4.79 Å². The van der Waals surface area contributed by atoms with Crippen molar-refractivity contribution in [1.82, 2.24) is 10.2 Å². The molecule has 5 nitrogen and oxygen atoms in total. The molecule has 0 radical (unpaired) electrons. The maximum Gasteiger partial charge on any atom is 0.410 e. The molecule has 2 rings (SSSR count). The van der Waals surface area contributed by atoms with Gasteiger partial charge in [0.15, 0.2) is 3.77 Å². The number of likely N-dealkylation sites (tertiary alicyclic amines) is 1. The summed E-state index contributed by atoms with van der Waals surface area (Å²) >= 11 is 2.17. The lowest BCUT2D eigenvalue weighted by atomic mass is 9.92. The van der Waals surface area contributed by atoms with Crippen molar-refractivity contribution in [3.63, 3.8) is 0 Å². The van der Waals surface area contributed by atoms with Gasteiger partial charge in [-0.25, -0.2) is 4.79 Å². The molecule has 130 valence electrons. The molecule has 1 aliphatic rings. The molecule has 1 fully saturated rings. The molecule has 23 heavy (non-hydrogen) atoms. The molecule has 0 aromatic carbocycles. The summed E-state index contributed by atoms with van der Waals surface area (Å²) in [4.78, 5) is 14.1. The first-order chi connectivity index (χ1) is 10.7. The van der Waals surface area contributed by atoms with Crippen LogP contribution in [0.5, 0.6) is 0 Å². The quantitative estimate of drug-likeness (QED) is 0.728. The molecule has 1 amide bonds. The minimum absolute atomic E-state index is 0.199. The maximum atomic E-state index is 12.2. The van der Waals surface area contributed by atoms with E-state index in [1.807, 2.05) is 37.8 Å². The number of ether oxygens (including phenoxy) is 1. The van der Waals surface area contributed by atoms with E-state index < -0.39 is 5.60 Å². The van der Waals surface area contributed by atoms with E-state index in [0.29, 0.717) is 18.5 Å². The molecule has 1 N–H and O–H groups in total. The second-order valence-corrected chi connectivity index (χ2v) is 8.27. The van der Waals surface area contributed by atoms with Crippen LogP contribution in [0.15, 0.2) is 16.5 Å². The first-order valence-electron chi connectivity index (χ1n) is 8.20. The minimum Gasteiger partial charge on any atom is -0.454 e. The first-order valence-corrected chi connectivity index (χ1v) is 9.28. The molecule has 0 saturated carbocycles. The number of piperidine rings is 1. The first kappa shape index (κ1) is 18.6. The zero-order valence-corrected chi connectivity index (χ0v) is 16.6. The Kier molecular flexibility index (Phi) is 6.36. The van der Waals surface area contributed by atoms with Crippen molar-refractivity contribution in [3.05, 3.63) is 21.7 Å². The second kappa shape index (κ2) is 7.88. The number of furan rings is 1. The molecule has 6 heteroatoms. The standard InChI is InChI=1S/C17H27IN2O3/c1-12(19-10-14-7-8-15(18)22-14)13-6-5-9-20(11-13)16(21)23-17(2,3)4/h7-8,12-13,19H,5-6,9-11H2,1-4H3. The predicted octanol–water partition coefficient (Wildman–Crippen LogP) is 4.01. The number of carbonyl (C=O) groups excluding carboxylic acids is 1. The molecular formula is C17H27IN2O3. The highest BCUT2D eigenvalue weighted by molar-refractivity contribution is 14.1. The monoisotopic (exact) mass is 434 g/mol. The average molecular weight is 434 g/mol. The number of hydrogen-bond acceptors (Lipinski definition) is 4. The van der Waals surface area contributed by atoms with Gasteiger partial charge in [0, 0.05) is 19.1 Å². The van der Waals surface area contributed by atoms with Gasteiger partial charge in [-0.2, -0.15) is 0 Å². The number of nitrogens with one attached hydrogen (secondary N) is 1. The average Bonchev–Trinajstić information content (AvgIpc) is 2.89. The highest BCUT2D eigenvalue weighted by Gasteiger charge is 2.30. The van der Waals surface area contributed by atoms with E-state index in [-0.39, 0.29) is 6.09 Å². The normalized spacial score (nSPS) is 20.4. The van der Waals surface area contributed by atoms with Gasteiger partial charge in [0.2, 0.25) is 0 Å². The van der Waals surface area contributed by atoms with Gasteiger partial charge in [-0.1, -0.05) is 0 Å². The summed E-state index contributed by atoms with van der Waals surface area (Å²) in [6.45, 7) is 10.1.